The molecule has 1 aromatic carbocycles. The van der Waals surface area contributed by atoms with E-state index in [2.05, 4.69) is 43.2 Å². The summed E-state index contributed by atoms with van der Waals surface area (Å²) in [4.78, 5) is 23.1. The summed E-state index contributed by atoms with van der Waals surface area (Å²) >= 11 is 1.69. The van der Waals surface area contributed by atoms with Crippen molar-refractivity contribution in [3.63, 3.8) is 0 Å². The van der Waals surface area contributed by atoms with Crippen LogP contribution in [0.25, 0.3) is 10.6 Å². The molecule has 5 heteroatoms. The second-order valence-electron chi connectivity index (χ2n) is 7.33. The summed E-state index contributed by atoms with van der Waals surface area (Å²) in [5.74, 6) is 0.117. The number of hydrogen-bond acceptors (Lipinski definition) is 4. The number of thiazole rings is 1. The Morgan fingerprint density at radius 3 is 2.70 bits per heavy atom. The Morgan fingerprint density at radius 2 is 2.00 bits per heavy atom. The highest BCUT2D eigenvalue weighted by molar-refractivity contribution is 7.15. The second kappa shape index (κ2) is 7.24. The zero-order valence-electron chi connectivity index (χ0n) is 15.9. The Kier molecular flexibility index (Phi) is 4.79. The summed E-state index contributed by atoms with van der Waals surface area (Å²) in [5, 5.41) is 4.18. The smallest absolute Gasteiger partial charge is 0.227 e. The highest BCUT2D eigenvalue weighted by Crippen LogP contribution is 2.35. The van der Waals surface area contributed by atoms with E-state index in [1.165, 1.54) is 10.4 Å². The molecular formula is C22H23N3OS. The van der Waals surface area contributed by atoms with Gasteiger partial charge in [-0.3, -0.25) is 9.78 Å². The quantitative estimate of drug-likeness (QED) is 0.708. The number of nitrogens with zero attached hydrogens (tertiary/aromatic N) is 2. The monoisotopic (exact) mass is 377 g/mol. The van der Waals surface area contributed by atoms with Crippen LogP contribution in [0.2, 0.25) is 0 Å². The van der Waals surface area contributed by atoms with Crippen LogP contribution in [0.1, 0.15) is 33.7 Å². The lowest BCUT2D eigenvalue weighted by molar-refractivity contribution is -0.120. The molecule has 0 aliphatic heterocycles. The molecule has 4 nitrogen and oxygen atoms in total. The molecule has 1 aliphatic rings. The number of aryl methyl sites for hydroxylation is 4. The highest BCUT2D eigenvalue weighted by Gasteiger charge is 2.28. The average molecular weight is 378 g/mol. The number of nitrogens with one attached hydrogen (secondary N) is 1. The van der Waals surface area contributed by atoms with Gasteiger partial charge in [-0.1, -0.05) is 17.7 Å². The normalized spacial score (nSPS) is 16.0. The molecule has 1 amide bonds. The molecule has 1 aliphatic carbocycles. The van der Waals surface area contributed by atoms with Gasteiger partial charge in [-0.05, 0) is 63.3 Å². The topological polar surface area (TPSA) is 54.9 Å². The number of aromatic nitrogens is 2. The molecule has 2 aromatic heterocycles. The van der Waals surface area contributed by atoms with E-state index in [1.54, 1.807) is 17.5 Å². The molecule has 0 saturated heterocycles. The summed E-state index contributed by atoms with van der Waals surface area (Å²) in [6.07, 6.45) is 6.09. The summed E-state index contributed by atoms with van der Waals surface area (Å²) in [7, 11) is 0. The zero-order chi connectivity index (χ0) is 19.0. The van der Waals surface area contributed by atoms with Crippen LogP contribution in [-0.2, 0) is 17.6 Å². The Balaban J connectivity index is 1.51. The minimum Gasteiger partial charge on any atom is -0.325 e. The van der Waals surface area contributed by atoms with Crippen molar-refractivity contribution in [3.8, 4) is 10.6 Å². The fraction of sp³-hybridized carbons (Fsp3) is 0.318. The van der Waals surface area contributed by atoms with E-state index in [0.29, 0.717) is 0 Å². The van der Waals surface area contributed by atoms with Crippen molar-refractivity contribution in [2.45, 2.75) is 40.0 Å². The summed E-state index contributed by atoms with van der Waals surface area (Å²) < 4.78 is 0. The number of anilines is 1. The Labute approximate surface area is 163 Å². The molecule has 1 atom stereocenters. The number of benzene rings is 1. The molecule has 0 bridgehead atoms. The number of hydrogen-bond donors (Lipinski definition) is 1. The molecule has 4 rings (SSSR count). The molecule has 0 radical (unpaired) electrons. The zero-order valence-corrected chi connectivity index (χ0v) is 16.7. The van der Waals surface area contributed by atoms with Gasteiger partial charge in [-0.15, -0.1) is 11.3 Å². The van der Waals surface area contributed by atoms with Gasteiger partial charge in [0.25, 0.3) is 0 Å². The Morgan fingerprint density at radius 1 is 1.22 bits per heavy atom. The number of amides is 1. The largest absolute Gasteiger partial charge is 0.325 e. The SMILES string of the molecule is Cc1cc(C)c(NC(=O)C2CCc3nc(-c4cccnc4)sc3C2)c(C)c1. The van der Waals surface area contributed by atoms with Gasteiger partial charge < -0.3 is 5.32 Å². The van der Waals surface area contributed by atoms with Gasteiger partial charge in [0, 0.05) is 34.4 Å². The van der Waals surface area contributed by atoms with Gasteiger partial charge >= 0.3 is 0 Å². The first kappa shape index (κ1) is 17.9. The van der Waals surface area contributed by atoms with E-state index in [-0.39, 0.29) is 11.8 Å². The van der Waals surface area contributed by atoms with Gasteiger partial charge in [0.05, 0.1) is 5.69 Å². The predicted octanol–water partition coefficient (Wildman–Crippen LogP) is 4.87. The van der Waals surface area contributed by atoms with Crippen LogP contribution in [0.3, 0.4) is 0 Å². The maximum Gasteiger partial charge on any atom is 0.227 e. The van der Waals surface area contributed by atoms with Crippen LogP contribution < -0.4 is 5.32 Å². The third-order valence-corrected chi connectivity index (χ3v) is 6.31. The Bertz CT molecular complexity index is 971. The average Bonchev–Trinajstić information content (AvgIpc) is 3.08. The third-order valence-electron chi connectivity index (χ3n) is 5.14. The molecule has 3 aromatic rings. The van der Waals surface area contributed by atoms with Gasteiger partial charge in [0.15, 0.2) is 0 Å². The van der Waals surface area contributed by atoms with Crippen molar-refractivity contribution in [1.29, 1.82) is 0 Å². The first-order chi connectivity index (χ1) is 13.0. The fourth-order valence-corrected chi connectivity index (χ4v) is 4.99. The van der Waals surface area contributed by atoms with Crippen molar-refractivity contribution in [1.82, 2.24) is 9.97 Å². The van der Waals surface area contributed by atoms with E-state index in [9.17, 15) is 4.79 Å². The lowest BCUT2D eigenvalue weighted by atomic mass is 9.90. The van der Waals surface area contributed by atoms with Crippen LogP contribution in [0.4, 0.5) is 5.69 Å². The van der Waals surface area contributed by atoms with Crippen LogP contribution in [-0.4, -0.2) is 15.9 Å². The van der Waals surface area contributed by atoms with Crippen molar-refractivity contribution in [2.75, 3.05) is 5.32 Å². The highest BCUT2D eigenvalue weighted by atomic mass is 32.1. The van der Waals surface area contributed by atoms with Crippen LogP contribution in [0, 0.1) is 26.7 Å². The first-order valence-electron chi connectivity index (χ1n) is 9.29. The summed E-state index contributed by atoms with van der Waals surface area (Å²) in [6.45, 7) is 6.19. The Hall–Kier alpha value is -2.53. The van der Waals surface area contributed by atoms with E-state index in [4.69, 9.17) is 4.98 Å². The minimum atomic E-state index is -0.000184. The van der Waals surface area contributed by atoms with Crippen LogP contribution in [0.5, 0.6) is 0 Å². The standard InChI is InChI=1S/C22H23N3OS/c1-13-9-14(2)20(15(3)10-13)25-21(26)16-6-7-18-19(11-16)27-22(24-18)17-5-4-8-23-12-17/h4-5,8-10,12,16H,6-7,11H2,1-3H3,(H,25,26). The summed E-state index contributed by atoms with van der Waals surface area (Å²) in [5.41, 5.74) is 6.60. The number of rotatable bonds is 3. The number of fused-ring (bicyclic) bond motifs is 1. The molecular weight excluding hydrogens is 354 g/mol. The minimum absolute atomic E-state index is 0.000184. The van der Waals surface area contributed by atoms with E-state index < -0.39 is 0 Å². The molecule has 0 spiro atoms. The van der Waals surface area contributed by atoms with Gasteiger partial charge in [0.2, 0.25) is 5.91 Å². The number of carbonyl (C=O) groups is 1. The first-order valence-corrected chi connectivity index (χ1v) is 10.1. The van der Waals surface area contributed by atoms with Crippen molar-refractivity contribution < 1.29 is 4.79 Å². The second-order valence-corrected chi connectivity index (χ2v) is 8.42. The van der Waals surface area contributed by atoms with Gasteiger partial charge in [-0.2, -0.15) is 0 Å². The van der Waals surface area contributed by atoms with Crippen molar-refractivity contribution in [3.05, 3.63) is 63.9 Å². The lowest BCUT2D eigenvalue weighted by Crippen LogP contribution is -2.28. The molecule has 27 heavy (non-hydrogen) atoms. The van der Waals surface area contributed by atoms with Gasteiger partial charge in [-0.25, -0.2) is 4.98 Å². The molecule has 138 valence electrons. The van der Waals surface area contributed by atoms with E-state index in [1.807, 2.05) is 18.3 Å². The fourth-order valence-electron chi connectivity index (χ4n) is 3.81. The third kappa shape index (κ3) is 3.65. The van der Waals surface area contributed by atoms with E-state index in [0.717, 1.165) is 52.3 Å². The van der Waals surface area contributed by atoms with Gasteiger partial charge in [0.1, 0.15) is 5.01 Å². The maximum absolute atomic E-state index is 12.9. The van der Waals surface area contributed by atoms with Crippen LogP contribution >= 0.6 is 11.3 Å². The van der Waals surface area contributed by atoms with E-state index >= 15 is 0 Å². The van der Waals surface area contributed by atoms with Crippen molar-refractivity contribution >= 4 is 22.9 Å². The predicted molar refractivity (Wildman–Crippen MR) is 110 cm³/mol. The number of pyridine rings is 1. The number of carbonyl (C=O) groups excluding carboxylic acids is 1. The molecule has 2 heterocycles. The maximum atomic E-state index is 12.9. The lowest BCUT2D eigenvalue weighted by Gasteiger charge is -2.22. The molecule has 0 saturated carbocycles. The van der Waals surface area contributed by atoms with Crippen LogP contribution in [0.15, 0.2) is 36.7 Å². The summed E-state index contributed by atoms with van der Waals surface area (Å²) in [6, 6.07) is 8.19. The molecule has 1 N–H and O–H groups in total. The van der Waals surface area contributed by atoms with Crippen molar-refractivity contribution in [2.24, 2.45) is 5.92 Å². The molecule has 1 unspecified atom stereocenters. The molecule has 0 fully saturated rings.